The molecule has 0 atom stereocenters. The minimum absolute atomic E-state index is 0.370. The summed E-state index contributed by atoms with van der Waals surface area (Å²) in [6, 6.07) is 5.50. The average Bonchev–Trinajstić information content (AvgIpc) is 2.69. The Morgan fingerprint density at radius 2 is 1.75 bits per heavy atom. The number of nitrogens with one attached hydrogen (secondary N) is 1. The van der Waals surface area contributed by atoms with E-state index in [-0.39, 0.29) is 0 Å². The largest absolute Gasteiger partial charge is 0.298 e. The van der Waals surface area contributed by atoms with Crippen LogP contribution < -0.4 is 5.48 Å². The first-order valence-corrected chi connectivity index (χ1v) is 6.33. The monoisotopic (exact) mass is 259 g/mol. The van der Waals surface area contributed by atoms with Gasteiger partial charge < -0.3 is 0 Å². The summed E-state index contributed by atoms with van der Waals surface area (Å²) in [5.41, 5.74) is 4.02. The van der Waals surface area contributed by atoms with E-state index in [0.717, 1.165) is 18.4 Å². The van der Waals surface area contributed by atoms with Crippen molar-refractivity contribution in [3.8, 4) is 0 Å². The number of rotatable bonds is 4. The van der Waals surface area contributed by atoms with E-state index in [2.05, 4.69) is 5.48 Å². The Kier molecular flexibility index (Phi) is 4.47. The Morgan fingerprint density at radius 1 is 1.12 bits per heavy atom. The van der Waals surface area contributed by atoms with Crippen molar-refractivity contribution in [1.29, 1.82) is 0 Å². The van der Waals surface area contributed by atoms with Crippen molar-refractivity contribution in [3.05, 3.63) is 33.8 Å². The first-order chi connectivity index (χ1) is 7.74. The fraction of sp³-hybridized carbons (Fsp3) is 0.500. The number of benzene rings is 1. The van der Waals surface area contributed by atoms with E-state index in [1.165, 1.54) is 12.8 Å². The third-order valence-electron chi connectivity index (χ3n) is 2.75. The molecule has 0 aromatic heterocycles. The molecule has 1 aromatic rings. The second-order valence-electron chi connectivity index (χ2n) is 4.12. The summed E-state index contributed by atoms with van der Waals surface area (Å²) >= 11 is 11.8. The highest BCUT2D eigenvalue weighted by Gasteiger charge is 2.15. The maximum atomic E-state index is 5.90. The van der Waals surface area contributed by atoms with Crippen LogP contribution in [0.25, 0.3) is 0 Å². The van der Waals surface area contributed by atoms with Crippen molar-refractivity contribution in [2.75, 3.05) is 0 Å². The molecule has 0 radical (unpaired) electrons. The van der Waals surface area contributed by atoms with Crippen molar-refractivity contribution in [3.63, 3.8) is 0 Å². The molecule has 0 amide bonds. The fourth-order valence-electron chi connectivity index (χ4n) is 1.96. The van der Waals surface area contributed by atoms with Crippen LogP contribution in [-0.4, -0.2) is 6.10 Å². The predicted molar refractivity (Wildman–Crippen MR) is 66.6 cm³/mol. The molecule has 2 rings (SSSR count). The van der Waals surface area contributed by atoms with E-state index in [9.17, 15) is 0 Å². The quantitative estimate of drug-likeness (QED) is 0.827. The summed E-state index contributed by atoms with van der Waals surface area (Å²) in [7, 11) is 0. The maximum absolute atomic E-state index is 5.90. The third kappa shape index (κ3) is 3.63. The molecule has 1 aliphatic rings. The first-order valence-electron chi connectivity index (χ1n) is 5.57. The van der Waals surface area contributed by atoms with Crippen molar-refractivity contribution in [1.82, 2.24) is 5.48 Å². The minimum Gasteiger partial charge on any atom is -0.298 e. The lowest BCUT2D eigenvalue weighted by molar-refractivity contribution is -0.0244. The van der Waals surface area contributed by atoms with Crippen LogP contribution in [0.15, 0.2) is 18.2 Å². The van der Waals surface area contributed by atoms with Gasteiger partial charge in [-0.1, -0.05) is 36.0 Å². The summed E-state index contributed by atoms with van der Waals surface area (Å²) < 4.78 is 0. The molecule has 0 heterocycles. The van der Waals surface area contributed by atoms with Crippen LogP contribution in [0.3, 0.4) is 0 Å². The molecule has 2 nitrogen and oxygen atoms in total. The van der Waals surface area contributed by atoms with Gasteiger partial charge in [-0.15, -0.1) is 0 Å². The first kappa shape index (κ1) is 12.2. The number of halogens is 2. The highest BCUT2D eigenvalue weighted by atomic mass is 35.5. The topological polar surface area (TPSA) is 21.3 Å². The molecule has 88 valence electrons. The molecule has 0 spiro atoms. The Hall–Kier alpha value is -0.280. The van der Waals surface area contributed by atoms with Gasteiger partial charge >= 0.3 is 0 Å². The van der Waals surface area contributed by atoms with Crippen LogP contribution in [0.2, 0.25) is 10.0 Å². The second kappa shape index (κ2) is 5.87. The van der Waals surface area contributed by atoms with E-state index >= 15 is 0 Å². The van der Waals surface area contributed by atoms with Crippen molar-refractivity contribution >= 4 is 23.2 Å². The van der Waals surface area contributed by atoms with Gasteiger partial charge in [-0.25, -0.2) is 0 Å². The molecular formula is C12H15Cl2NO. The van der Waals surface area contributed by atoms with Crippen LogP contribution in [0, 0.1) is 0 Å². The molecule has 1 N–H and O–H groups in total. The third-order valence-corrected chi connectivity index (χ3v) is 3.19. The Morgan fingerprint density at radius 3 is 2.38 bits per heavy atom. The second-order valence-corrected chi connectivity index (χ2v) is 5.00. The van der Waals surface area contributed by atoms with Gasteiger partial charge in [0.05, 0.1) is 6.10 Å². The lowest BCUT2D eigenvalue weighted by Crippen LogP contribution is -2.21. The molecule has 1 fully saturated rings. The smallest absolute Gasteiger partial charge is 0.0790 e. The number of hydrogen-bond donors (Lipinski definition) is 1. The molecule has 1 saturated carbocycles. The van der Waals surface area contributed by atoms with Crippen molar-refractivity contribution < 1.29 is 4.84 Å². The van der Waals surface area contributed by atoms with Gasteiger partial charge in [-0.05, 0) is 36.6 Å². The Bertz CT molecular complexity index is 331. The molecular weight excluding hydrogens is 245 g/mol. The Balaban J connectivity index is 1.80. The highest BCUT2D eigenvalue weighted by molar-refractivity contribution is 6.34. The predicted octanol–water partition coefficient (Wildman–Crippen LogP) is 3.96. The van der Waals surface area contributed by atoms with Gasteiger partial charge in [0.1, 0.15) is 0 Å². The molecule has 16 heavy (non-hydrogen) atoms. The lowest BCUT2D eigenvalue weighted by Gasteiger charge is -2.11. The van der Waals surface area contributed by atoms with Crippen LogP contribution in [-0.2, 0) is 11.4 Å². The summed E-state index contributed by atoms with van der Waals surface area (Å²) in [5, 5.41) is 1.32. The van der Waals surface area contributed by atoms with E-state index in [1.807, 2.05) is 12.1 Å². The molecule has 1 aliphatic carbocycles. The number of hydroxylamine groups is 1. The van der Waals surface area contributed by atoms with Crippen LogP contribution in [0.4, 0.5) is 0 Å². The zero-order chi connectivity index (χ0) is 11.4. The standard InChI is InChI=1S/C12H15Cl2NO/c13-10-5-9(6-11(14)7-10)8-15-16-12-3-1-2-4-12/h5-7,12,15H,1-4,8H2. The normalized spacial score (nSPS) is 16.9. The van der Waals surface area contributed by atoms with Gasteiger partial charge in [0, 0.05) is 16.6 Å². The van der Waals surface area contributed by atoms with Crippen molar-refractivity contribution in [2.45, 2.75) is 38.3 Å². The Labute approximate surface area is 106 Å². The molecule has 0 aliphatic heterocycles. The molecule has 4 heteroatoms. The lowest BCUT2D eigenvalue weighted by atomic mass is 10.2. The van der Waals surface area contributed by atoms with Gasteiger partial charge in [0.2, 0.25) is 0 Å². The highest BCUT2D eigenvalue weighted by Crippen LogP contribution is 2.21. The molecule has 0 unspecified atom stereocenters. The zero-order valence-corrected chi connectivity index (χ0v) is 10.5. The van der Waals surface area contributed by atoms with Gasteiger partial charge in [-0.2, -0.15) is 5.48 Å². The molecule has 1 aromatic carbocycles. The van der Waals surface area contributed by atoms with E-state index in [1.54, 1.807) is 6.07 Å². The van der Waals surface area contributed by atoms with Crippen LogP contribution in [0.5, 0.6) is 0 Å². The van der Waals surface area contributed by atoms with Gasteiger partial charge in [0.15, 0.2) is 0 Å². The summed E-state index contributed by atoms with van der Waals surface area (Å²) in [4.78, 5) is 5.55. The van der Waals surface area contributed by atoms with E-state index in [0.29, 0.717) is 22.7 Å². The zero-order valence-electron chi connectivity index (χ0n) is 9.01. The van der Waals surface area contributed by atoms with Crippen LogP contribution in [0.1, 0.15) is 31.2 Å². The molecule has 0 saturated heterocycles. The minimum atomic E-state index is 0.370. The van der Waals surface area contributed by atoms with Crippen LogP contribution >= 0.6 is 23.2 Å². The SMILES string of the molecule is Clc1cc(Cl)cc(CNOC2CCCC2)c1. The van der Waals surface area contributed by atoms with Crippen molar-refractivity contribution in [2.24, 2.45) is 0 Å². The summed E-state index contributed by atoms with van der Waals surface area (Å²) in [6.07, 6.45) is 5.23. The summed E-state index contributed by atoms with van der Waals surface area (Å²) in [6.45, 7) is 0.636. The summed E-state index contributed by atoms with van der Waals surface area (Å²) in [5.74, 6) is 0. The van der Waals surface area contributed by atoms with Gasteiger partial charge in [-0.3, -0.25) is 4.84 Å². The van der Waals surface area contributed by atoms with Gasteiger partial charge in [0.25, 0.3) is 0 Å². The maximum Gasteiger partial charge on any atom is 0.0790 e. The molecule has 0 bridgehead atoms. The fourth-order valence-corrected chi connectivity index (χ4v) is 2.53. The van der Waals surface area contributed by atoms with E-state index in [4.69, 9.17) is 28.0 Å². The average molecular weight is 260 g/mol. The van der Waals surface area contributed by atoms with E-state index < -0.39 is 0 Å². The number of hydrogen-bond acceptors (Lipinski definition) is 2.